The minimum Gasteiger partial charge on any atom is -0.309 e. The third-order valence-electron chi connectivity index (χ3n) is 3.70. The highest BCUT2D eigenvalue weighted by Crippen LogP contribution is 2.42. The lowest BCUT2D eigenvalue weighted by molar-refractivity contribution is 0.454. The van der Waals surface area contributed by atoms with Crippen molar-refractivity contribution in [3.05, 3.63) is 15.6 Å². The summed E-state index contributed by atoms with van der Waals surface area (Å²) in [4.78, 5) is 6.59. The van der Waals surface area contributed by atoms with Crippen LogP contribution < -0.4 is 5.32 Å². The highest BCUT2D eigenvalue weighted by molar-refractivity contribution is 8.06. The zero-order chi connectivity index (χ0) is 13.1. The Bertz CT molecular complexity index is 413. The number of thiazole rings is 1. The Hall–Kier alpha value is 0.290. The molecule has 5 heteroatoms. The Kier molecular flexibility index (Phi) is 5.12. The second-order valence-corrected chi connectivity index (χ2v) is 8.77. The van der Waals surface area contributed by atoms with E-state index >= 15 is 0 Å². The predicted octanol–water partition coefficient (Wildman–Crippen LogP) is 4.04. The molecule has 2 heterocycles. The van der Waals surface area contributed by atoms with E-state index in [1.165, 1.54) is 53.6 Å². The lowest BCUT2D eigenvalue weighted by Crippen LogP contribution is -2.25. The van der Waals surface area contributed by atoms with Crippen molar-refractivity contribution in [2.75, 3.05) is 23.8 Å². The summed E-state index contributed by atoms with van der Waals surface area (Å²) in [7, 11) is 0. The van der Waals surface area contributed by atoms with Crippen LogP contribution in [0.5, 0.6) is 0 Å². The maximum atomic E-state index is 5.03. The molecular formula is C14H22N2S3. The highest BCUT2D eigenvalue weighted by Gasteiger charge is 2.27. The summed E-state index contributed by atoms with van der Waals surface area (Å²) in [6.07, 6.45) is 5.05. The summed E-state index contributed by atoms with van der Waals surface area (Å²) in [6.45, 7) is 3.35. The van der Waals surface area contributed by atoms with Crippen molar-refractivity contribution in [2.24, 2.45) is 0 Å². The van der Waals surface area contributed by atoms with Gasteiger partial charge in [-0.15, -0.1) is 23.1 Å². The molecule has 1 aliphatic carbocycles. The van der Waals surface area contributed by atoms with Gasteiger partial charge in [0.05, 0.1) is 17.0 Å². The Morgan fingerprint density at radius 2 is 2.32 bits per heavy atom. The molecule has 2 atom stereocenters. The van der Waals surface area contributed by atoms with Gasteiger partial charge in [0.1, 0.15) is 5.01 Å². The third kappa shape index (κ3) is 3.31. The summed E-state index contributed by atoms with van der Waals surface area (Å²) < 4.78 is 0. The Balaban J connectivity index is 1.76. The van der Waals surface area contributed by atoms with E-state index in [9.17, 15) is 0 Å². The SMILES string of the molecule is CCCNC1CCCc2sc(C3CSCCS3)nc21. The van der Waals surface area contributed by atoms with E-state index in [1.54, 1.807) is 4.88 Å². The van der Waals surface area contributed by atoms with Gasteiger partial charge >= 0.3 is 0 Å². The van der Waals surface area contributed by atoms with Crippen molar-refractivity contribution in [2.45, 2.75) is 43.9 Å². The van der Waals surface area contributed by atoms with Gasteiger partial charge in [-0.25, -0.2) is 4.98 Å². The first-order valence-corrected chi connectivity index (χ1v) is 10.3. The summed E-state index contributed by atoms with van der Waals surface area (Å²) in [5.74, 6) is 3.86. The number of nitrogens with zero attached hydrogens (tertiary/aromatic N) is 1. The fraction of sp³-hybridized carbons (Fsp3) is 0.786. The van der Waals surface area contributed by atoms with E-state index < -0.39 is 0 Å². The van der Waals surface area contributed by atoms with Crippen molar-refractivity contribution in [3.8, 4) is 0 Å². The molecule has 0 saturated carbocycles. The molecule has 1 fully saturated rings. The average molecular weight is 315 g/mol. The van der Waals surface area contributed by atoms with E-state index in [4.69, 9.17) is 4.98 Å². The van der Waals surface area contributed by atoms with E-state index in [2.05, 4.69) is 35.8 Å². The van der Waals surface area contributed by atoms with Crippen molar-refractivity contribution in [1.29, 1.82) is 0 Å². The van der Waals surface area contributed by atoms with Gasteiger partial charge in [0.25, 0.3) is 0 Å². The van der Waals surface area contributed by atoms with Crippen LogP contribution in [0.25, 0.3) is 0 Å². The Labute approximate surface area is 128 Å². The van der Waals surface area contributed by atoms with Crippen molar-refractivity contribution in [1.82, 2.24) is 10.3 Å². The Morgan fingerprint density at radius 1 is 1.37 bits per heavy atom. The predicted molar refractivity (Wildman–Crippen MR) is 88.6 cm³/mol. The molecule has 1 saturated heterocycles. The lowest BCUT2D eigenvalue weighted by Gasteiger charge is -2.22. The minimum absolute atomic E-state index is 0.523. The van der Waals surface area contributed by atoms with Crippen LogP contribution in [0.4, 0.5) is 0 Å². The summed E-state index contributed by atoms with van der Waals surface area (Å²) in [5.41, 5.74) is 1.39. The highest BCUT2D eigenvalue weighted by atomic mass is 32.2. The minimum atomic E-state index is 0.523. The number of thioether (sulfide) groups is 2. The Morgan fingerprint density at radius 3 is 3.11 bits per heavy atom. The van der Waals surface area contributed by atoms with Crippen LogP contribution in [-0.2, 0) is 6.42 Å². The molecular weight excluding hydrogens is 292 g/mol. The summed E-state index contributed by atoms with van der Waals surface area (Å²) in [5, 5.41) is 5.73. The maximum Gasteiger partial charge on any atom is 0.107 e. The van der Waals surface area contributed by atoms with Crippen LogP contribution in [0.1, 0.15) is 53.1 Å². The van der Waals surface area contributed by atoms with E-state index in [-0.39, 0.29) is 0 Å². The number of rotatable bonds is 4. The molecule has 0 amide bonds. The molecule has 0 radical (unpaired) electrons. The van der Waals surface area contributed by atoms with Crippen LogP contribution in [0.3, 0.4) is 0 Å². The van der Waals surface area contributed by atoms with E-state index in [0.29, 0.717) is 11.3 Å². The fourth-order valence-electron chi connectivity index (χ4n) is 2.72. The number of hydrogen-bond donors (Lipinski definition) is 1. The van der Waals surface area contributed by atoms with Crippen molar-refractivity contribution >= 4 is 34.9 Å². The smallest absolute Gasteiger partial charge is 0.107 e. The zero-order valence-corrected chi connectivity index (χ0v) is 13.9. The van der Waals surface area contributed by atoms with Crippen molar-refractivity contribution < 1.29 is 0 Å². The quantitative estimate of drug-likeness (QED) is 0.906. The molecule has 1 N–H and O–H groups in total. The normalized spacial score (nSPS) is 27.2. The molecule has 1 aliphatic heterocycles. The van der Waals surface area contributed by atoms with Crippen LogP contribution in [-0.4, -0.2) is 28.8 Å². The molecule has 2 unspecified atom stereocenters. The van der Waals surface area contributed by atoms with Gasteiger partial charge in [0, 0.05) is 22.1 Å². The number of hydrogen-bond acceptors (Lipinski definition) is 5. The first-order valence-electron chi connectivity index (χ1n) is 7.30. The van der Waals surface area contributed by atoms with E-state index in [1.807, 2.05) is 11.3 Å². The first-order chi connectivity index (χ1) is 9.38. The number of fused-ring (bicyclic) bond motifs is 1. The average Bonchev–Trinajstić information content (AvgIpc) is 2.90. The first kappa shape index (κ1) is 14.2. The third-order valence-corrected chi connectivity index (χ3v) is 7.86. The van der Waals surface area contributed by atoms with Gasteiger partial charge in [-0.05, 0) is 32.2 Å². The van der Waals surface area contributed by atoms with Gasteiger partial charge in [-0.2, -0.15) is 11.8 Å². The van der Waals surface area contributed by atoms with Gasteiger partial charge in [-0.3, -0.25) is 0 Å². The van der Waals surface area contributed by atoms with Crippen LogP contribution in [0.15, 0.2) is 0 Å². The second-order valence-electron chi connectivity index (χ2n) is 5.19. The number of nitrogens with one attached hydrogen (secondary N) is 1. The van der Waals surface area contributed by atoms with Gasteiger partial charge in [0.2, 0.25) is 0 Å². The molecule has 2 aliphatic rings. The van der Waals surface area contributed by atoms with Gasteiger partial charge in [-0.1, -0.05) is 6.92 Å². The van der Waals surface area contributed by atoms with Crippen LogP contribution in [0.2, 0.25) is 0 Å². The van der Waals surface area contributed by atoms with Crippen molar-refractivity contribution in [3.63, 3.8) is 0 Å². The molecule has 0 aromatic carbocycles. The topological polar surface area (TPSA) is 24.9 Å². The van der Waals surface area contributed by atoms with Gasteiger partial charge < -0.3 is 5.32 Å². The molecule has 106 valence electrons. The molecule has 1 aromatic rings. The molecule has 3 rings (SSSR count). The fourth-order valence-corrected chi connectivity index (χ4v) is 6.87. The van der Waals surface area contributed by atoms with E-state index in [0.717, 1.165) is 6.54 Å². The number of aryl methyl sites for hydroxylation is 1. The summed E-state index contributed by atoms with van der Waals surface area (Å²) >= 11 is 6.19. The van der Waals surface area contributed by atoms with Crippen LogP contribution >= 0.6 is 34.9 Å². The molecule has 0 bridgehead atoms. The molecule has 2 nitrogen and oxygen atoms in total. The lowest BCUT2D eigenvalue weighted by atomic mass is 9.97. The molecule has 19 heavy (non-hydrogen) atoms. The number of aromatic nitrogens is 1. The maximum absolute atomic E-state index is 5.03. The summed E-state index contributed by atoms with van der Waals surface area (Å²) in [6, 6.07) is 0.523. The molecule has 1 aromatic heterocycles. The second kappa shape index (κ2) is 6.83. The standard InChI is InChI=1S/C14H22N2S3/c1-2-6-15-10-4-3-5-11-13(10)16-14(19-11)12-9-17-7-8-18-12/h10,12,15H,2-9H2,1H3. The molecule has 0 spiro atoms. The largest absolute Gasteiger partial charge is 0.309 e. The van der Waals surface area contributed by atoms with Gasteiger partial charge in [0.15, 0.2) is 0 Å². The van der Waals surface area contributed by atoms with Crippen LogP contribution in [0, 0.1) is 0 Å². The monoisotopic (exact) mass is 314 g/mol. The zero-order valence-electron chi connectivity index (χ0n) is 11.5.